The molecule has 0 saturated heterocycles. The monoisotopic (exact) mass is 292 g/mol. The lowest BCUT2D eigenvalue weighted by Gasteiger charge is -1.95. The van der Waals surface area contributed by atoms with E-state index in [4.69, 9.17) is 5.53 Å². The number of ketones is 1. The molecule has 116 valence electrons. The largest absolute Gasteiger partial charge is 0.457 e. The molecule has 0 aromatic carbocycles. The third-order valence-corrected chi connectivity index (χ3v) is 2.73. The molecule has 0 aliphatic carbocycles. The molecule has 0 spiro atoms. The Morgan fingerprint density at radius 2 is 1.76 bits per heavy atom. The molecular formula is C16H24N2O3. The minimum atomic E-state index is -0.884. The number of esters is 1. The molecule has 0 heterocycles. The molecule has 0 aliphatic heterocycles. The number of rotatable bonds is 11. The molecule has 5 nitrogen and oxygen atoms in total. The first kappa shape index (κ1) is 19.0. The van der Waals surface area contributed by atoms with Crippen LogP contribution in [-0.4, -0.2) is 28.9 Å². The molecular weight excluding hydrogens is 268 g/mol. The summed E-state index contributed by atoms with van der Waals surface area (Å²) < 4.78 is 4.63. The minimum absolute atomic E-state index is 0.110. The van der Waals surface area contributed by atoms with E-state index in [1.165, 1.54) is 19.3 Å². The number of carbonyl (C=O) groups is 2. The lowest BCUT2D eigenvalue weighted by Crippen LogP contribution is -2.27. The molecule has 5 heteroatoms. The van der Waals surface area contributed by atoms with E-state index in [0.717, 1.165) is 6.42 Å². The predicted octanol–water partition coefficient (Wildman–Crippen LogP) is 3.26. The zero-order valence-electron chi connectivity index (χ0n) is 12.9. The van der Waals surface area contributed by atoms with Crippen LogP contribution in [-0.2, 0) is 14.3 Å². The smallest absolute Gasteiger partial charge is 0.441 e. The maximum Gasteiger partial charge on any atom is 0.441 e. The van der Waals surface area contributed by atoms with E-state index in [1.807, 2.05) is 18.2 Å². The highest BCUT2D eigenvalue weighted by atomic mass is 16.5. The van der Waals surface area contributed by atoms with E-state index in [2.05, 4.69) is 22.5 Å². The van der Waals surface area contributed by atoms with Crippen LogP contribution >= 0.6 is 0 Å². The third kappa shape index (κ3) is 9.52. The molecule has 0 amide bonds. The standard InChI is InChI=1S/C16H24N2O3/c1-3-5-6-7-8-9-10-11-12-13-14(19)15(18-17)16(20)21-4-2/h8-11H,3-7,12-13H2,1-2H3/b9-8+,11-10+. The first-order valence-electron chi connectivity index (χ1n) is 7.41. The zero-order valence-corrected chi connectivity index (χ0v) is 12.9. The minimum Gasteiger partial charge on any atom is -0.457 e. The molecule has 0 bridgehead atoms. The van der Waals surface area contributed by atoms with Gasteiger partial charge in [0.2, 0.25) is 0 Å². The lowest BCUT2D eigenvalue weighted by atomic mass is 10.1. The molecule has 0 fully saturated rings. The SMILES string of the molecule is CCCCC/C=C/C=C/CCC(=O)C(=[N+]=[N-])C(=O)OCC. The Hall–Kier alpha value is -2.00. The van der Waals surface area contributed by atoms with E-state index in [0.29, 0.717) is 6.42 Å². The maximum absolute atomic E-state index is 11.7. The van der Waals surface area contributed by atoms with Crippen LogP contribution in [0.3, 0.4) is 0 Å². The Kier molecular flexibility index (Phi) is 11.8. The highest BCUT2D eigenvalue weighted by Crippen LogP contribution is 2.00. The zero-order chi connectivity index (χ0) is 15.9. The van der Waals surface area contributed by atoms with Crippen LogP contribution in [0.4, 0.5) is 0 Å². The van der Waals surface area contributed by atoms with Crippen LogP contribution in [0.2, 0.25) is 0 Å². The number of ether oxygens (including phenoxy) is 1. The van der Waals surface area contributed by atoms with Gasteiger partial charge in [0.25, 0.3) is 5.78 Å². The van der Waals surface area contributed by atoms with Crippen molar-refractivity contribution < 1.29 is 19.1 Å². The third-order valence-electron chi connectivity index (χ3n) is 2.73. The first-order valence-corrected chi connectivity index (χ1v) is 7.41. The number of unbranched alkanes of at least 4 members (excludes halogenated alkanes) is 3. The summed E-state index contributed by atoms with van der Waals surface area (Å²) in [6.45, 7) is 3.92. The van der Waals surface area contributed by atoms with Crippen molar-refractivity contribution in [1.29, 1.82) is 0 Å². The Morgan fingerprint density at radius 1 is 1.10 bits per heavy atom. The van der Waals surface area contributed by atoms with Gasteiger partial charge in [0.05, 0.1) is 6.61 Å². The van der Waals surface area contributed by atoms with Crippen LogP contribution in [0.5, 0.6) is 0 Å². The van der Waals surface area contributed by atoms with Gasteiger partial charge in [0.15, 0.2) is 0 Å². The van der Waals surface area contributed by atoms with Gasteiger partial charge in [-0.2, -0.15) is 4.79 Å². The molecule has 0 aromatic rings. The van der Waals surface area contributed by atoms with Crippen LogP contribution in [0.25, 0.3) is 5.53 Å². The predicted molar refractivity (Wildman–Crippen MR) is 81.9 cm³/mol. The molecule has 0 aromatic heterocycles. The quantitative estimate of drug-likeness (QED) is 0.111. The molecule has 0 N–H and O–H groups in total. The average molecular weight is 292 g/mol. The summed E-state index contributed by atoms with van der Waals surface area (Å²) >= 11 is 0. The van der Waals surface area contributed by atoms with Gasteiger partial charge in [-0.05, 0) is 26.2 Å². The number of carbonyl (C=O) groups excluding carboxylic acids is 2. The second-order valence-electron chi connectivity index (χ2n) is 4.48. The Bertz CT molecular complexity index is 433. The van der Waals surface area contributed by atoms with E-state index in [1.54, 1.807) is 6.92 Å². The normalized spacial score (nSPS) is 10.8. The van der Waals surface area contributed by atoms with Crippen LogP contribution in [0, 0.1) is 0 Å². The van der Waals surface area contributed by atoms with Crippen molar-refractivity contribution in [1.82, 2.24) is 0 Å². The van der Waals surface area contributed by atoms with Gasteiger partial charge in [0.1, 0.15) is 0 Å². The fourth-order valence-electron chi connectivity index (χ4n) is 1.60. The summed E-state index contributed by atoms with van der Waals surface area (Å²) in [5, 5.41) is 0. The summed E-state index contributed by atoms with van der Waals surface area (Å²) in [5.74, 6) is -1.41. The molecule has 21 heavy (non-hydrogen) atoms. The van der Waals surface area contributed by atoms with Gasteiger partial charge in [-0.15, -0.1) is 0 Å². The van der Waals surface area contributed by atoms with Crippen LogP contribution in [0.1, 0.15) is 52.4 Å². The van der Waals surface area contributed by atoms with Crippen LogP contribution < -0.4 is 0 Å². The van der Waals surface area contributed by atoms with Crippen molar-refractivity contribution in [2.45, 2.75) is 52.4 Å². The highest BCUT2D eigenvalue weighted by Gasteiger charge is 2.29. The number of nitrogens with zero attached hydrogens (tertiary/aromatic N) is 2. The van der Waals surface area contributed by atoms with Gasteiger partial charge in [-0.25, -0.2) is 4.79 Å². The van der Waals surface area contributed by atoms with Crippen molar-refractivity contribution >= 4 is 17.5 Å². The van der Waals surface area contributed by atoms with Crippen molar-refractivity contribution in [3.63, 3.8) is 0 Å². The van der Waals surface area contributed by atoms with Crippen molar-refractivity contribution in [2.75, 3.05) is 6.61 Å². The molecule has 0 rings (SSSR count). The Labute approximate surface area is 126 Å². The van der Waals surface area contributed by atoms with Crippen molar-refractivity contribution in [3.8, 4) is 0 Å². The molecule has 0 aliphatic rings. The summed E-state index contributed by atoms with van der Waals surface area (Å²) in [4.78, 5) is 25.7. The van der Waals surface area contributed by atoms with Gasteiger partial charge in [-0.1, -0.05) is 44.1 Å². The van der Waals surface area contributed by atoms with Gasteiger partial charge in [0, 0.05) is 6.42 Å². The average Bonchev–Trinajstić information content (AvgIpc) is 2.46. The second-order valence-corrected chi connectivity index (χ2v) is 4.48. The van der Waals surface area contributed by atoms with E-state index in [9.17, 15) is 9.59 Å². The molecule has 0 radical (unpaired) electrons. The fourth-order valence-corrected chi connectivity index (χ4v) is 1.60. The number of allylic oxidation sites excluding steroid dienone is 4. The van der Waals surface area contributed by atoms with Gasteiger partial charge in [-0.3, -0.25) is 4.79 Å². The molecule has 0 unspecified atom stereocenters. The van der Waals surface area contributed by atoms with Crippen molar-refractivity contribution in [3.05, 3.63) is 29.8 Å². The van der Waals surface area contributed by atoms with E-state index < -0.39 is 17.5 Å². The number of hydrogen-bond donors (Lipinski definition) is 0. The summed E-state index contributed by atoms with van der Waals surface area (Å²) in [7, 11) is 0. The van der Waals surface area contributed by atoms with E-state index in [-0.39, 0.29) is 13.0 Å². The lowest BCUT2D eigenvalue weighted by molar-refractivity contribution is -0.141. The van der Waals surface area contributed by atoms with Crippen molar-refractivity contribution in [2.24, 2.45) is 0 Å². The van der Waals surface area contributed by atoms with E-state index >= 15 is 0 Å². The maximum atomic E-state index is 11.7. The summed E-state index contributed by atoms with van der Waals surface area (Å²) in [6, 6.07) is 0. The summed E-state index contributed by atoms with van der Waals surface area (Å²) in [6.07, 6.45) is 13.0. The first-order chi connectivity index (χ1) is 10.2. The Morgan fingerprint density at radius 3 is 2.33 bits per heavy atom. The summed E-state index contributed by atoms with van der Waals surface area (Å²) in [5.41, 5.74) is 8.13. The fraction of sp³-hybridized carbons (Fsp3) is 0.562. The van der Waals surface area contributed by atoms with Gasteiger partial charge >= 0.3 is 11.7 Å². The van der Waals surface area contributed by atoms with Crippen LogP contribution in [0.15, 0.2) is 24.3 Å². The second kappa shape index (κ2) is 13.0. The molecule has 0 saturated carbocycles. The topological polar surface area (TPSA) is 79.8 Å². The molecule has 0 atom stereocenters. The Balaban J connectivity index is 4.02. The highest BCUT2D eigenvalue weighted by molar-refractivity contribution is 6.62. The van der Waals surface area contributed by atoms with Gasteiger partial charge < -0.3 is 10.3 Å². The number of hydrogen-bond acceptors (Lipinski definition) is 3. The number of Topliss-reactive ketones (excluding diaryl/α,β-unsaturated/α-hetero) is 1.